The Labute approximate surface area is 182 Å². The van der Waals surface area contributed by atoms with E-state index in [9.17, 15) is 4.79 Å². The second kappa shape index (κ2) is 6.81. The van der Waals surface area contributed by atoms with Gasteiger partial charge in [-0.1, -0.05) is 6.07 Å². The molecule has 2 saturated heterocycles. The molecule has 0 aromatic heterocycles. The second-order valence-corrected chi connectivity index (χ2v) is 9.07. The summed E-state index contributed by atoms with van der Waals surface area (Å²) in [4.78, 5) is 14.4. The molecule has 8 heteroatoms. The van der Waals surface area contributed by atoms with Gasteiger partial charge >= 0.3 is 5.97 Å². The maximum Gasteiger partial charge on any atom is 0.302 e. The minimum absolute atomic E-state index is 0.197. The van der Waals surface area contributed by atoms with E-state index in [0.29, 0.717) is 12.2 Å². The third kappa shape index (κ3) is 2.21. The number of fused-ring (bicyclic) bond motifs is 3. The van der Waals surface area contributed by atoms with E-state index in [1.807, 2.05) is 6.07 Å². The first-order chi connectivity index (χ1) is 14.9. The molecule has 2 aliphatic carbocycles. The van der Waals surface area contributed by atoms with Crippen molar-refractivity contribution in [2.24, 2.45) is 0 Å². The average molecular weight is 434 g/mol. The average Bonchev–Trinajstić information content (AvgIpc) is 3.26. The normalized spacial score (nSPS) is 40.3. The first-order valence-electron chi connectivity index (χ1n) is 10.8. The molecule has 4 aliphatic rings. The highest BCUT2D eigenvalue weighted by Crippen LogP contribution is 2.73. The van der Waals surface area contributed by atoms with Crippen LogP contribution < -0.4 is 9.47 Å². The van der Waals surface area contributed by atoms with Gasteiger partial charge in [-0.3, -0.25) is 9.69 Å². The van der Waals surface area contributed by atoms with Gasteiger partial charge in [0.15, 0.2) is 11.5 Å². The molecule has 1 spiro atoms. The zero-order valence-electron chi connectivity index (χ0n) is 19.0. The summed E-state index contributed by atoms with van der Waals surface area (Å²) in [5.74, 6) is -0.0494. The minimum atomic E-state index is -1.10. The molecule has 0 N–H and O–H groups in total. The molecule has 6 atom stereocenters. The van der Waals surface area contributed by atoms with Gasteiger partial charge in [0.1, 0.15) is 12.2 Å². The van der Waals surface area contributed by atoms with Crippen molar-refractivity contribution in [2.75, 3.05) is 42.0 Å². The number of carbonyl (C=O) groups excluding carboxylic acids is 1. The van der Waals surface area contributed by atoms with Crippen LogP contribution in [0.5, 0.6) is 11.5 Å². The van der Waals surface area contributed by atoms with Crippen LogP contribution in [0.3, 0.4) is 0 Å². The Bertz CT molecular complexity index is 921. The van der Waals surface area contributed by atoms with Crippen LogP contribution in [0.15, 0.2) is 12.1 Å². The molecule has 2 aliphatic heterocycles. The molecule has 1 aromatic rings. The lowest BCUT2D eigenvalue weighted by atomic mass is 9.50. The summed E-state index contributed by atoms with van der Waals surface area (Å²) in [5.41, 5.74) is 1.25. The van der Waals surface area contributed by atoms with E-state index in [4.69, 9.17) is 28.4 Å². The fourth-order valence-corrected chi connectivity index (χ4v) is 7.37. The SMILES string of the molecule is COc1ccc2c(c1OC)[C@]13CCN(C)[C@@]14C[C@H]2O[C@@]4(OC)[C@@H](OC)[C@@H](OC(C)=O)C3. The third-order valence-corrected chi connectivity index (χ3v) is 8.23. The molecule has 0 unspecified atom stereocenters. The Hall–Kier alpha value is -1.87. The zero-order chi connectivity index (χ0) is 22.2. The quantitative estimate of drug-likeness (QED) is 0.654. The number of methoxy groups -OCH3 is 4. The fraction of sp³-hybridized carbons (Fsp3) is 0.696. The molecule has 2 heterocycles. The Kier molecular flexibility index (Phi) is 4.61. The molecular weight excluding hydrogens is 402 g/mol. The summed E-state index contributed by atoms with van der Waals surface area (Å²) in [6.07, 6.45) is 0.928. The lowest BCUT2D eigenvalue weighted by molar-refractivity contribution is -0.340. The van der Waals surface area contributed by atoms with Gasteiger partial charge in [0.2, 0.25) is 5.79 Å². The first-order valence-corrected chi connectivity index (χ1v) is 10.8. The largest absolute Gasteiger partial charge is 0.493 e. The van der Waals surface area contributed by atoms with Gasteiger partial charge < -0.3 is 28.4 Å². The molecule has 1 aromatic carbocycles. The van der Waals surface area contributed by atoms with Crippen molar-refractivity contribution in [3.05, 3.63) is 23.3 Å². The number of nitrogens with zero attached hydrogens (tertiary/aromatic N) is 1. The van der Waals surface area contributed by atoms with Crippen molar-refractivity contribution < 1.29 is 33.2 Å². The van der Waals surface area contributed by atoms with Gasteiger partial charge in [0, 0.05) is 38.5 Å². The summed E-state index contributed by atoms with van der Waals surface area (Å²) in [6.45, 7) is 2.28. The molecule has 0 radical (unpaired) electrons. The maximum absolute atomic E-state index is 12.1. The summed E-state index contributed by atoms with van der Waals surface area (Å²) in [7, 11) is 8.73. The van der Waals surface area contributed by atoms with Gasteiger partial charge in [0.25, 0.3) is 0 Å². The Morgan fingerprint density at radius 2 is 1.94 bits per heavy atom. The van der Waals surface area contributed by atoms with Crippen LogP contribution in [-0.4, -0.2) is 76.4 Å². The maximum atomic E-state index is 12.1. The number of hydrogen-bond donors (Lipinski definition) is 0. The van der Waals surface area contributed by atoms with Crippen molar-refractivity contribution in [3.8, 4) is 11.5 Å². The topological polar surface area (TPSA) is 75.7 Å². The van der Waals surface area contributed by atoms with Crippen molar-refractivity contribution in [1.29, 1.82) is 0 Å². The third-order valence-electron chi connectivity index (χ3n) is 8.23. The summed E-state index contributed by atoms with van der Waals surface area (Å²) < 4.78 is 36.5. The van der Waals surface area contributed by atoms with E-state index in [1.54, 1.807) is 28.4 Å². The van der Waals surface area contributed by atoms with Gasteiger partial charge in [-0.25, -0.2) is 0 Å². The Morgan fingerprint density at radius 3 is 2.55 bits per heavy atom. The van der Waals surface area contributed by atoms with E-state index in [0.717, 1.165) is 36.3 Å². The molecule has 2 bridgehead atoms. The molecule has 8 nitrogen and oxygen atoms in total. The van der Waals surface area contributed by atoms with Crippen LogP contribution in [0.1, 0.15) is 43.4 Å². The molecule has 31 heavy (non-hydrogen) atoms. The molecule has 3 fully saturated rings. The van der Waals surface area contributed by atoms with Crippen LogP contribution in [0, 0.1) is 0 Å². The van der Waals surface area contributed by atoms with E-state index in [1.165, 1.54) is 6.92 Å². The minimum Gasteiger partial charge on any atom is -0.493 e. The number of benzene rings is 1. The molecule has 5 rings (SSSR count). The highest BCUT2D eigenvalue weighted by molar-refractivity contribution is 5.67. The van der Waals surface area contributed by atoms with Crippen LogP contribution >= 0.6 is 0 Å². The van der Waals surface area contributed by atoms with Gasteiger partial charge in [-0.2, -0.15) is 0 Å². The number of rotatable bonds is 5. The number of hydrogen-bond acceptors (Lipinski definition) is 8. The number of carbonyl (C=O) groups is 1. The lowest BCUT2D eigenvalue weighted by Gasteiger charge is -2.61. The van der Waals surface area contributed by atoms with E-state index in [2.05, 4.69) is 18.0 Å². The zero-order valence-corrected chi connectivity index (χ0v) is 19.0. The fourth-order valence-electron chi connectivity index (χ4n) is 7.37. The summed E-state index contributed by atoms with van der Waals surface area (Å²) >= 11 is 0. The standard InChI is InChI=1S/C23H31NO7/c1-13(25)30-17-11-21-9-10-24(2)22(21)12-16(31-23(22,29-6)20(17)28-5)14-7-8-15(26-3)19(27-4)18(14)21/h7-8,16-17,20H,9-12H2,1-6H3/t16-,17+,20+,21-,22+,23+/m1/s1. The van der Waals surface area contributed by atoms with Gasteiger partial charge in [-0.15, -0.1) is 0 Å². The predicted octanol–water partition coefficient (Wildman–Crippen LogP) is 2.18. The summed E-state index contributed by atoms with van der Waals surface area (Å²) in [6, 6.07) is 4.01. The smallest absolute Gasteiger partial charge is 0.302 e. The molecule has 170 valence electrons. The molecular formula is C23H31NO7. The summed E-state index contributed by atoms with van der Waals surface area (Å²) in [5, 5.41) is 0. The predicted molar refractivity (Wildman–Crippen MR) is 110 cm³/mol. The van der Waals surface area contributed by atoms with Crippen molar-refractivity contribution >= 4 is 5.97 Å². The van der Waals surface area contributed by atoms with E-state index < -0.39 is 28.9 Å². The van der Waals surface area contributed by atoms with Gasteiger partial charge in [0.05, 0.1) is 25.9 Å². The number of likely N-dealkylation sites (N-methyl/N-ethyl adjacent to an activating group) is 1. The van der Waals surface area contributed by atoms with Crippen molar-refractivity contribution in [3.63, 3.8) is 0 Å². The number of esters is 1. The number of ether oxygens (including phenoxy) is 6. The highest BCUT2D eigenvalue weighted by Gasteiger charge is 2.83. The molecule has 1 saturated carbocycles. The van der Waals surface area contributed by atoms with Crippen LogP contribution in [0.25, 0.3) is 0 Å². The van der Waals surface area contributed by atoms with Crippen LogP contribution in [0.2, 0.25) is 0 Å². The Morgan fingerprint density at radius 1 is 1.16 bits per heavy atom. The van der Waals surface area contributed by atoms with Crippen LogP contribution in [0.4, 0.5) is 0 Å². The monoisotopic (exact) mass is 433 g/mol. The molecule has 0 amide bonds. The van der Waals surface area contributed by atoms with E-state index >= 15 is 0 Å². The second-order valence-electron chi connectivity index (χ2n) is 9.07. The first kappa shape index (κ1) is 21.0. The van der Waals surface area contributed by atoms with Crippen molar-refractivity contribution in [2.45, 2.75) is 61.2 Å². The number of likely N-dealkylation sites (tertiary alicyclic amines) is 1. The lowest BCUT2D eigenvalue weighted by Crippen LogP contribution is -2.77. The highest BCUT2D eigenvalue weighted by atomic mass is 16.7. The van der Waals surface area contributed by atoms with Crippen molar-refractivity contribution in [1.82, 2.24) is 4.90 Å². The van der Waals surface area contributed by atoms with E-state index in [-0.39, 0.29) is 12.1 Å². The van der Waals surface area contributed by atoms with Crippen LogP contribution in [-0.2, 0) is 29.2 Å². The van der Waals surface area contributed by atoms with Gasteiger partial charge in [-0.05, 0) is 38.1 Å². The Balaban J connectivity index is 1.85.